The Hall–Kier alpha value is -3.52. The van der Waals surface area contributed by atoms with Gasteiger partial charge in [-0.3, -0.25) is 14.5 Å². The van der Waals surface area contributed by atoms with Crippen molar-refractivity contribution in [1.82, 2.24) is 20.4 Å². The number of aryl methyl sites for hydroxylation is 1. The maximum absolute atomic E-state index is 12.9. The minimum atomic E-state index is -0.190. The van der Waals surface area contributed by atoms with Crippen molar-refractivity contribution >= 4 is 17.5 Å². The van der Waals surface area contributed by atoms with Crippen molar-refractivity contribution in [2.45, 2.75) is 46.2 Å². The van der Waals surface area contributed by atoms with Crippen LogP contribution in [0.3, 0.4) is 0 Å². The van der Waals surface area contributed by atoms with Crippen LogP contribution in [0.5, 0.6) is 0 Å². The van der Waals surface area contributed by atoms with Crippen molar-refractivity contribution in [3.63, 3.8) is 0 Å². The van der Waals surface area contributed by atoms with Crippen LogP contribution in [0.15, 0.2) is 53.1 Å². The molecule has 0 radical (unpaired) electrons. The smallest absolute Gasteiger partial charge is 0.253 e. The Morgan fingerprint density at radius 2 is 1.88 bits per heavy atom. The zero-order valence-electron chi connectivity index (χ0n) is 19.9. The Balaban J connectivity index is 1.31. The number of para-hydroxylation sites is 1. The SMILES string of the molecule is Cc1cccc(-c2noc(CN3CCC(C(=O)Nc4ccccc4C(=O)NC(C)C)CC3)n2)c1. The molecular formula is C26H31N5O3. The molecule has 0 bridgehead atoms. The molecule has 0 unspecified atom stereocenters. The molecule has 2 heterocycles. The van der Waals surface area contributed by atoms with E-state index in [4.69, 9.17) is 4.52 Å². The predicted octanol–water partition coefficient (Wildman–Crippen LogP) is 4.03. The van der Waals surface area contributed by atoms with E-state index in [0.29, 0.717) is 29.5 Å². The van der Waals surface area contributed by atoms with Gasteiger partial charge in [-0.15, -0.1) is 0 Å². The highest BCUT2D eigenvalue weighted by Crippen LogP contribution is 2.23. The minimum Gasteiger partial charge on any atom is -0.350 e. The summed E-state index contributed by atoms with van der Waals surface area (Å²) in [6.07, 6.45) is 1.45. The molecule has 1 aliphatic rings. The van der Waals surface area contributed by atoms with Gasteiger partial charge in [0.15, 0.2) is 0 Å². The maximum atomic E-state index is 12.9. The van der Waals surface area contributed by atoms with Crippen LogP contribution in [-0.2, 0) is 11.3 Å². The van der Waals surface area contributed by atoms with Gasteiger partial charge in [0.1, 0.15) is 0 Å². The van der Waals surface area contributed by atoms with Crippen LogP contribution in [0.25, 0.3) is 11.4 Å². The summed E-state index contributed by atoms with van der Waals surface area (Å²) in [5, 5.41) is 9.96. The quantitative estimate of drug-likeness (QED) is 0.551. The minimum absolute atomic E-state index is 0.0207. The number of likely N-dealkylation sites (tertiary alicyclic amines) is 1. The number of amides is 2. The second-order valence-electron chi connectivity index (χ2n) is 9.09. The number of benzene rings is 2. The van der Waals surface area contributed by atoms with E-state index in [1.165, 1.54) is 0 Å². The number of nitrogens with one attached hydrogen (secondary N) is 2. The molecule has 1 fully saturated rings. The summed E-state index contributed by atoms with van der Waals surface area (Å²) >= 11 is 0. The fraction of sp³-hybridized carbons (Fsp3) is 0.385. The molecule has 0 spiro atoms. The first kappa shape index (κ1) is 23.6. The van der Waals surface area contributed by atoms with Crippen molar-refractivity contribution in [2.75, 3.05) is 18.4 Å². The van der Waals surface area contributed by atoms with E-state index in [0.717, 1.165) is 37.1 Å². The molecule has 178 valence electrons. The molecule has 0 saturated carbocycles. The number of piperidine rings is 1. The fourth-order valence-corrected chi connectivity index (χ4v) is 4.13. The van der Waals surface area contributed by atoms with Gasteiger partial charge < -0.3 is 15.2 Å². The van der Waals surface area contributed by atoms with Gasteiger partial charge in [-0.25, -0.2) is 0 Å². The Labute approximate surface area is 199 Å². The molecule has 1 aliphatic heterocycles. The van der Waals surface area contributed by atoms with E-state index in [-0.39, 0.29) is 23.8 Å². The monoisotopic (exact) mass is 461 g/mol. The lowest BCUT2D eigenvalue weighted by molar-refractivity contribution is -0.121. The number of carbonyl (C=O) groups excluding carboxylic acids is 2. The molecule has 4 rings (SSSR count). The Bertz CT molecular complexity index is 1150. The number of hydrogen-bond donors (Lipinski definition) is 2. The highest BCUT2D eigenvalue weighted by Gasteiger charge is 2.27. The van der Waals surface area contributed by atoms with Gasteiger partial charge in [0.25, 0.3) is 5.91 Å². The number of nitrogens with zero attached hydrogens (tertiary/aromatic N) is 3. The summed E-state index contributed by atoms with van der Waals surface area (Å²) in [7, 11) is 0. The number of aromatic nitrogens is 2. The van der Waals surface area contributed by atoms with Gasteiger partial charge in [0.2, 0.25) is 17.6 Å². The van der Waals surface area contributed by atoms with Crippen LogP contribution in [0.4, 0.5) is 5.69 Å². The van der Waals surface area contributed by atoms with Crippen molar-refractivity contribution in [3.8, 4) is 11.4 Å². The van der Waals surface area contributed by atoms with Crippen molar-refractivity contribution in [3.05, 3.63) is 65.5 Å². The molecule has 1 aromatic heterocycles. The van der Waals surface area contributed by atoms with Gasteiger partial charge in [-0.05, 0) is 64.9 Å². The summed E-state index contributed by atoms with van der Waals surface area (Å²) in [5.74, 6) is 0.815. The third-order valence-electron chi connectivity index (χ3n) is 5.91. The van der Waals surface area contributed by atoms with Crippen LogP contribution in [0, 0.1) is 12.8 Å². The van der Waals surface area contributed by atoms with E-state index in [1.807, 2.05) is 51.1 Å². The topological polar surface area (TPSA) is 100 Å². The maximum Gasteiger partial charge on any atom is 0.253 e. The summed E-state index contributed by atoms with van der Waals surface area (Å²) in [6, 6.07) is 15.1. The lowest BCUT2D eigenvalue weighted by Crippen LogP contribution is -2.38. The van der Waals surface area contributed by atoms with Crippen LogP contribution in [-0.4, -0.2) is 46.0 Å². The van der Waals surface area contributed by atoms with Gasteiger partial charge >= 0.3 is 0 Å². The molecule has 2 aromatic carbocycles. The average molecular weight is 462 g/mol. The van der Waals surface area contributed by atoms with Gasteiger partial charge in [0.05, 0.1) is 17.8 Å². The predicted molar refractivity (Wildman–Crippen MR) is 130 cm³/mol. The number of rotatable bonds is 7. The Kier molecular flexibility index (Phi) is 7.37. The largest absolute Gasteiger partial charge is 0.350 e. The average Bonchev–Trinajstić information content (AvgIpc) is 3.28. The van der Waals surface area contributed by atoms with Gasteiger partial charge in [-0.1, -0.05) is 41.1 Å². The van der Waals surface area contributed by atoms with E-state index >= 15 is 0 Å². The van der Waals surface area contributed by atoms with E-state index in [1.54, 1.807) is 18.2 Å². The normalized spacial score (nSPS) is 14.8. The van der Waals surface area contributed by atoms with Crippen LogP contribution < -0.4 is 10.6 Å². The Morgan fingerprint density at radius 1 is 1.12 bits per heavy atom. The standard InChI is InChI=1S/C26H31N5O3/c1-17(2)27-26(33)21-9-4-5-10-22(21)28-25(32)19-11-13-31(14-12-19)16-23-29-24(30-34-23)20-8-6-7-18(3)15-20/h4-10,15,17,19H,11-14,16H2,1-3H3,(H,27,33)(H,28,32). The highest BCUT2D eigenvalue weighted by molar-refractivity contribution is 6.04. The number of carbonyl (C=O) groups is 2. The first-order valence-corrected chi connectivity index (χ1v) is 11.7. The fourth-order valence-electron chi connectivity index (χ4n) is 4.13. The van der Waals surface area contributed by atoms with Gasteiger partial charge in [-0.2, -0.15) is 4.98 Å². The first-order valence-electron chi connectivity index (χ1n) is 11.7. The molecular weight excluding hydrogens is 430 g/mol. The first-order chi connectivity index (χ1) is 16.4. The third-order valence-corrected chi connectivity index (χ3v) is 5.91. The zero-order chi connectivity index (χ0) is 24.1. The second-order valence-corrected chi connectivity index (χ2v) is 9.09. The van der Waals surface area contributed by atoms with Crippen LogP contribution in [0.1, 0.15) is 48.5 Å². The second kappa shape index (κ2) is 10.6. The Morgan fingerprint density at radius 3 is 2.62 bits per heavy atom. The molecule has 3 aromatic rings. The van der Waals surface area contributed by atoms with Crippen molar-refractivity contribution in [2.24, 2.45) is 5.92 Å². The van der Waals surface area contributed by atoms with Crippen molar-refractivity contribution in [1.29, 1.82) is 0 Å². The summed E-state index contributed by atoms with van der Waals surface area (Å²) < 4.78 is 5.46. The van der Waals surface area contributed by atoms with E-state index in [2.05, 4.69) is 25.7 Å². The summed E-state index contributed by atoms with van der Waals surface area (Å²) in [6.45, 7) is 7.93. The number of anilines is 1. The lowest BCUT2D eigenvalue weighted by Gasteiger charge is -2.30. The zero-order valence-corrected chi connectivity index (χ0v) is 19.9. The molecule has 0 aliphatic carbocycles. The molecule has 34 heavy (non-hydrogen) atoms. The molecule has 2 N–H and O–H groups in total. The summed E-state index contributed by atoms with van der Waals surface area (Å²) in [5.41, 5.74) is 3.10. The van der Waals surface area contributed by atoms with E-state index < -0.39 is 0 Å². The highest BCUT2D eigenvalue weighted by atomic mass is 16.5. The molecule has 8 heteroatoms. The van der Waals surface area contributed by atoms with Crippen LogP contribution >= 0.6 is 0 Å². The number of hydrogen-bond acceptors (Lipinski definition) is 6. The van der Waals surface area contributed by atoms with Crippen LogP contribution in [0.2, 0.25) is 0 Å². The lowest BCUT2D eigenvalue weighted by atomic mass is 9.95. The molecule has 1 saturated heterocycles. The molecule has 0 atom stereocenters. The van der Waals surface area contributed by atoms with E-state index in [9.17, 15) is 9.59 Å². The van der Waals surface area contributed by atoms with Crippen molar-refractivity contribution < 1.29 is 14.1 Å². The van der Waals surface area contributed by atoms with Gasteiger partial charge in [0, 0.05) is 17.5 Å². The molecule has 2 amide bonds. The summed E-state index contributed by atoms with van der Waals surface area (Å²) in [4.78, 5) is 32.1. The molecule has 8 nitrogen and oxygen atoms in total. The third kappa shape index (κ3) is 5.88.